The van der Waals surface area contributed by atoms with E-state index < -0.39 is 0 Å². The highest BCUT2D eigenvalue weighted by atomic mass is 16.1. The van der Waals surface area contributed by atoms with Crippen LogP contribution in [0.25, 0.3) is 0 Å². The van der Waals surface area contributed by atoms with Crippen molar-refractivity contribution in [2.45, 2.75) is 45.1 Å². The molecule has 0 aromatic heterocycles. The lowest BCUT2D eigenvalue weighted by molar-refractivity contribution is -0.125. The van der Waals surface area contributed by atoms with Crippen LogP contribution in [0.2, 0.25) is 0 Å². The zero-order chi connectivity index (χ0) is 14.5. The Hall–Kier alpha value is -1.35. The summed E-state index contributed by atoms with van der Waals surface area (Å²) < 4.78 is 0. The maximum absolute atomic E-state index is 12.1. The van der Waals surface area contributed by atoms with Crippen molar-refractivity contribution in [3.05, 3.63) is 35.4 Å². The van der Waals surface area contributed by atoms with Crippen LogP contribution < -0.4 is 5.32 Å². The SMILES string of the molecule is O=C(NCCN1CCc2ccccc2C1)C1CCCCC1. The molecule has 0 radical (unpaired) electrons. The van der Waals surface area contributed by atoms with Crippen LogP contribution in [0.1, 0.15) is 43.2 Å². The zero-order valence-corrected chi connectivity index (χ0v) is 12.8. The number of rotatable bonds is 4. The third-order valence-electron chi connectivity index (χ3n) is 4.91. The van der Waals surface area contributed by atoms with E-state index in [-0.39, 0.29) is 11.8 Å². The summed E-state index contributed by atoms with van der Waals surface area (Å²) in [5, 5.41) is 3.14. The van der Waals surface area contributed by atoms with Crippen LogP contribution in [0, 0.1) is 5.92 Å². The molecule has 1 heterocycles. The number of fused-ring (bicyclic) bond motifs is 1. The monoisotopic (exact) mass is 286 g/mol. The van der Waals surface area contributed by atoms with Gasteiger partial charge >= 0.3 is 0 Å². The molecule has 0 unspecified atom stereocenters. The Bertz CT molecular complexity index is 480. The summed E-state index contributed by atoms with van der Waals surface area (Å²) in [6.45, 7) is 3.88. The molecule has 1 amide bonds. The number of nitrogens with zero attached hydrogens (tertiary/aromatic N) is 1. The molecule has 1 saturated carbocycles. The standard InChI is InChI=1S/C18H26N2O/c21-18(16-7-2-1-3-8-16)19-11-13-20-12-10-15-6-4-5-9-17(15)14-20/h4-6,9,16H,1-3,7-8,10-14H2,(H,19,21). The Morgan fingerprint density at radius 3 is 2.71 bits per heavy atom. The Morgan fingerprint density at radius 2 is 1.90 bits per heavy atom. The average Bonchev–Trinajstić information content (AvgIpc) is 2.55. The smallest absolute Gasteiger partial charge is 0.223 e. The molecule has 0 bridgehead atoms. The van der Waals surface area contributed by atoms with Crippen molar-refractivity contribution in [1.29, 1.82) is 0 Å². The molecule has 114 valence electrons. The van der Waals surface area contributed by atoms with E-state index in [4.69, 9.17) is 0 Å². The summed E-state index contributed by atoms with van der Waals surface area (Å²) in [6.07, 6.45) is 7.05. The van der Waals surface area contributed by atoms with Crippen molar-refractivity contribution in [2.24, 2.45) is 5.92 Å². The Kier molecular flexibility index (Phi) is 4.91. The van der Waals surface area contributed by atoms with Crippen molar-refractivity contribution < 1.29 is 4.79 Å². The summed E-state index contributed by atoms with van der Waals surface area (Å²) in [5.74, 6) is 0.563. The molecule has 1 fully saturated rings. The number of amides is 1. The highest BCUT2D eigenvalue weighted by Crippen LogP contribution is 2.23. The molecule has 1 N–H and O–H groups in total. The van der Waals surface area contributed by atoms with Crippen molar-refractivity contribution in [3.63, 3.8) is 0 Å². The largest absolute Gasteiger partial charge is 0.355 e. The van der Waals surface area contributed by atoms with Gasteiger partial charge in [-0.3, -0.25) is 9.69 Å². The minimum Gasteiger partial charge on any atom is -0.355 e. The molecular weight excluding hydrogens is 260 g/mol. The number of carbonyl (C=O) groups is 1. The van der Waals surface area contributed by atoms with Gasteiger partial charge in [0.15, 0.2) is 0 Å². The molecule has 0 spiro atoms. The Morgan fingerprint density at radius 1 is 1.14 bits per heavy atom. The topological polar surface area (TPSA) is 32.3 Å². The first kappa shape index (κ1) is 14.6. The molecule has 3 nitrogen and oxygen atoms in total. The Labute approximate surface area is 127 Å². The lowest BCUT2D eigenvalue weighted by Crippen LogP contribution is -2.40. The maximum atomic E-state index is 12.1. The number of nitrogens with one attached hydrogen (secondary N) is 1. The van der Waals surface area contributed by atoms with Crippen LogP contribution in [0.15, 0.2) is 24.3 Å². The predicted octanol–water partition coefficient (Wildman–Crippen LogP) is 2.74. The van der Waals surface area contributed by atoms with E-state index >= 15 is 0 Å². The molecule has 1 aliphatic carbocycles. The number of benzene rings is 1. The van der Waals surface area contributed by atoms with E-state index in [1.54, 1.807) is 0 Å². The van der Waals surface area contributed by atoms with Gasteiger partial charge in [-0.2, -0.15) is 0 Å². The van der Waals surface area contributed by atoms with Crippen LogP contribution >= 0.6 is 0 Å². The highest BCUT2D eigenvalue weighted by molar-refractivity contribution is 5.78. The predicted molar refractivity (Wildman–Crippen MR) is 85.0 cm³/mol. The van der Waals surface area contributed by atoms with Gasteiger partial charge < -0.3 is 5.32 Å². The number of hydrogen-bond acceptors (Lipinski definition) is 2. The van der Waals surface area contributed by atoms with Gasteiger partial charge in [0.25, 0.3) is 0 Å². The van der Waals surface area contributed by atoms with Crippen LogP contribution in [-0.2, 0) is 17.8 Å². The molecule has 1 aliphatic heterocycles. The second-order valence-electron chi connectivity index (χ2n) is 6.42. The molecular formula is C18H26N2O. The molecule has 21 heavy (non-hydrogen) atoms. The fraction of sp³-hybridized carbons (Fsp3) is 0.611. The van der Waals surface area contributed by atoms with E-state index in [0.717, 1.165) is 45.4 Å². The first-order valence-corrected chi connectivity index (χ1v) is 8.40. The third kappa shape index (κ3) is 3.85. The van der Waals surface area contributed by atoms with E-state index in [0.29, 0.717) is 0 Å². The summed E-state index contributed by atoms with van der Waals surface area (Å²) in [6, 6.07) is 8.70. The third-order valence-corrected chi connectivity index (χ3v) is 4.91. The summed E-state index contributed by atoms with van der Waals surface area (Å²) in [4.78, 5) is 14.6. The molecule has 1 aromatic carbocycles. The van der Waals surface area contributed by atoms with Gasteiger partial charge in [0, 0.05) is 32.1 Å². The van der Waals surface area contributed by atoms with Crippen LogP contribution in [0.5, 0.6) is 0 Å². The first-order chi connectivity index (χ1) is 10.3. The summed E-state index contributed by atoms with van der Waals surface area (Å²) in [7, 11) is 0. The van der Waals surface area contributed by atoms with Crippen molar-refractivity contribution in [2.75, 3.05) is 19.6 Å². The molecule has 0 atom stereocenters. The van der Waals surface area contributed by atoms with E-state index in [1.807, 2.05) is 0 Å². The second kappa shape index (κ2) is 7.08. The molecule has 3 heteroatoms. The van der Waals surface area contributed by atoms with E-state index in [9.17, 15) is 4.79 Å². The fourth-order valence-electron chi connectivity index (χ4n) is 3.59. The van der Waals surface area contributed by atoms with Gasteiger partial charge in [-0.15, -0.1) is 0 Å². The summed E-state index contributed by atoms with van der Waals surface area (Å²) in [5.41, 5.74) is 2.93. The minimum absolute atomic E-state index is 0.279. The van der Waals surface area contributed by atoms with Crippen molar-refractivity contribution >= 4 is 5.91 Å². The van der Waals surface area contributed by atoms with Crippen molar-refractivity contribution in [3.8, 4) is 0 Å². The van der Waals surface area contributed by atoms with Gasteiger partial charge in [0.2, 0.25) is 5.91 Å². The molecule has 3 rings (SSSR count). The minimum atomic E-state index is 0.279. The first-order valence-electron chi connectivity index (χ1n) is 8.40. The van der Waals surface area contributed by atoms with Gasteiger partial charge in [-0.1, -0.05) is 43.5 Å². The highest BCUT2D eigenvalue weighted by Gasteiger charge is 2.21. The molecule has 2 aliphatic rings. The number of carbonyl (C=O) groups excluding carboxylic acids is 1. The molecule has 1 aromatic rings. The van der Waals surface area contributed by atoms with Crippen LogP contribution in [-0.4, -0.2) is 30.4 Å². The van der Waals surface area contributed by atoms with Crippen LogP contribution in [0.4, 0.5) is 0 Å². The van der Waals surface area contributed by atoms with Crippen LogP contribution in [0.3, 0.4) is 0 Å². The number of hydrogen-bond donors (Lipinski definition) is 1. The van der Waals surface area contributed by atoms with Gasteiger partial charge in [-0.05, 0) is 30.4 Å². The van der Waals surface area contributed by atoms with Gasteiger partial charge in [0.1, 0.15) is 0 Å². The second-order valence-corrected chi connectivity index (χ2v) is 6.42. The fourth-order valence-corrected chi connectivity index (χ4v) is 3.59. The average molecular weight is 286 g/mol. The lowest BCUT2D eigenvalue weighted by atomic mass is 9.89. The van der Waals surface area contributed by atoms with Gasteiger partial charge in [-0.25, -0.2) is 0 Å². The van der Waals surface area contributed by atoms with Gasteiger partial charge in [0.05, 0.1) is 0 Å². The van der Waals surface area contributed by atoms with Crippen molar-refractivity contribution in [1.82, 2.24) is 10.2 Å². The maximum Gasteiger partial charge on any atom is 0.223 e. The quantitative estimate of drug-likeness (QED) is 0.923. The molecule has 0 saturated heterocycles. The normalized spacial score (nSPS) is 20.0. The van der Waals surface area contributed by atoms with E-state index in [1.165, 1.54) is 30.4 Å². The Balaban J connectivity index is 1.41. The van der Waals surface area contributed by atoms with E-state index in [2.05, 4.69) is 34.5 Å². The summed E-state index contributed by atoms with van der Waals surface area (Å²) >= 11 is 0. The zero-order valence-electron chi connectivity index (χ0n) is 12.8. The lowest BCUT2D eigenvalue weighted by Gasteiger charge is -2.29.